The lowest BCUT2D eigenvalue weighted by Gasteiger charge is -2.09. The summed E-state index contributed by atoms with van der Waals surface area (Å²) in [5, 5.41) is 13.3. The van der Waals surface area contributed by atoms with Gasteiger partial charge in [0.15, 0.2) is 0 Å². The largest absolute Gasteiger partial charge is 0.480 e. The number of carbonyl (C=O) groups is 3. The number of nitrogens with one attached hydrogen (secondary N) is 2. The first kappa shape index (κ1) is 15.5. The van der Waals surface area contributed by atoms with Crippen molar-refractivity contribution in [3.63, 3.8) is 0 Å². The molecule has 0 aliphatic heterocycles. The van der Waals surface area contributed by atoms with Crippen LogP contribution in [0.5, 0.6) is 5.75 Å². The molecule has 1 unspecified atom stereocenters. The van der Waals surface area contributed by atoms with Gasteiger partial charge in [-0.2, -0.15) is 0 Å². The average molecular weight is 280 g/mol. The summed E-state index contributed by atoms with van der Waals surface area (Å²) in [5.74, 6) is -1.18. The summed E-state index contributed by atoms with van der Waals surface area (Å²) in [6.07, 6.45) is -0.697. The standard InChI is InChI=1S/C13H16N2O5/c1-9(12(17)18)15-11(16)7-8-14-13(19)20-10-5-3-2-4-6-10/h2-6,9H,7-8H2,1H3,(H,14,19)(H,15,16)(H,17,18). The zero-order valence-corrected chi connectivity index (χ0v) is 11.0. The van der Waals surface area contributed by atoms with Crippen LogP contribution in [-0.4, -0.2) is 35.7 Å². The van der Waals surface area contributed by atoms with Crippen LogP contribution < -0.4 is 15.4 Å². The molecule has 0 aliphatic rings. The van der Waals surface area contributed by atoms with E-state index in [-0.39, 0.29) is 13.0 Å². The van der Waals surface area contributed by atoms with E-state index in [1.54, 1.807) is 30.3 Å². The lowest BCUT2D eigenvalue weighted by molar-refractivity contribution is -0.141. The maximum Gasteiger partial charge on any atom is 0.412 e. The topological polar surface area (TPSA) is 105 Å². The fraction of sp³-hybridized carbons (Fsp3) is 0.308. The molecule has 0 saturated carbocycles. The van der Waals surface area contributed by atoms with E-state index in [2.05, 4.69) is 10.6 Å². The van der Waals surface area contributed by atoms with Gasteiger partial charge in [0, 0.05) is 13.0 Å². The van der Waals surface area contributed by atoms with Gasteiger partial charge < -0.3 is 20.5 Å². The second-order valence-electron chi connectivity index (χ2n) is 4.01. The Balaban J connectivity index is 2.22. The van der Waals surface area contributed by atoms with Gasteiger partial charge in [0.2, 0.25) is 5.91 Å². The molecule has 0 aliphatic carbocycles. The summed E-state index contributed by atoms with van der Waals surface area (Å²) in [6.45, 7) is 1.42. The van der Waals surface area contributed by atoms with Gasteiger partial charge in [0.05, 0.1) is 0 Å². The molecular formula is C13H16N2O5. The van der Waals surface area contributed by atoms with Gasteiger partial charge >= 0.3 is 12.1 Å². The van der Waals surface area contributed by atoms with Crippen LogP contribution >= 0.6 is 0 Å². The third-order valence-corrected chi connectivity index (χ3v) is 2.32. The molecule has 2 amide bonds. The summed E-state index contributed by atoms with van der Waals surface area (Å²) in [5.41, 5.74) is 0. The van der Waals surface area contributed by atoms with Crippen molar-refractivity contribution in [1.29, 1.82) is 0 Å². The van der Waals surface area contributed by atoms with Crippen LogP contribution in [0.4, 0.5) is 4.79 Å². The minimum atomic E-state index is -1.12. The van der Waals surface area contributed by atoms with Gasteiger partial charge in [-0.1, -0.05) is 18.2 Å². The van der Waals surface area contributed by atoms with Gasteiger partial charge in [0.1, 0.15) is 11.8 Å². The summed E-state index contributed by atoms with van der Waals surface area (Å²) < 4.78 is 4.94. The molecule has 20 heavy (non-hydrogen) atoms. The molecule has 7 heteroatoms. The van der Waals surface area contributed by atoms with E-state index in [1.807, 2.05) is 0 Å². The van der Waals surface area contributed by atoms with Crippen LogP contribution in [0, 0.1) is 0 Å². The summed E-state index contributed by atoms with van der Waals surface area (Å²) in [6, 6.07) is 7.53. The minimum Gasteiger partial charge on any atom is -0.480 e. The molecule has 1 atom stereocenters. The molecule has 1 aromatic carbocycles. The van der Waals surface area contributed by atoms with Crippen molar-refractivity contribution >= 4 is 18.0 Å². The van der Waals surface area contributed by atoms with Crippen molar-refractivity contribution in [3.05, 3.63) is 30.3 Å². The molecule has 3 N–H and O–H groups in total. The molecule has 0 aromatic heterocycles. The monoisotopic (exact) mass is 280 g/mol. The van der Waals surface area contributed by atoms with E-state index in [1.165, 1.54) is 6.92 Å². The molecule has 1 rings (SSSR count). The number of hydrogen-bond acceptors (Lipinski definition) is 4. The lowest BCUT2D eigenvalue weighted by Crippen LogP contribution is -2.40. The molecule has 7 nitrogen and oxygen atoms in total. The molecule has 108 valence electrons. The van der Waals surface area contributed by atoms with E-state index in [0.29, 0.717) is 5.75 Å². The Hall–Kier alpha value is -2.57. The zero-order chi connectivity index (χ0) is 15.0. The number of benzene rings is 1. The van der Waals surface area contributed by atoms with Crippen LogP contribution in [0.15, 0.2) is 30.3 Å². The van der Waals surface area contributed by atoms with Crippen molar-refractivity contribution < 1.29 is 24.2 Å². The van der Waals surface area contributed by atoms with Crippen molar-refractivity contribution in [2.45, 2.75) is 19.4 Å². The SMILES string of the molecule is CC(NC(=O)CCNC(=O)Oc1ccccc1)C(=O)O. The van der Waals surface area contributed by atoms with E-state index >= 15 is 0 Å². The van der Waals surface area contributed by atoms with Crippen LogP contribution in [-0.2, 0) is 9.59 Å². The maximum absolute atomic E-state index is 11.4. The molecule has 0 bridgehead atoms. The summed E-state index contributed by atoms with van der Waals surface area (Å²) in [4.78, 5) is 33.2. The number of aliphatic carboxylic acids is 1. The maximum atomic E-state index is 11.4. The smallest absolute Gasteiger partial charge is 0.412 e. The Kier molecular flexibility index (Phi) is 6.02. The highest BCUT2D eigenvalue weighted by molar-refractivity contribution is 5.83. The molecule has 1 aromatic rings. The molecule has 0 radical (unpaired) electrons. The number of carboxylic acids is 1. The highest BCUT2D eigenvalue weighted by atomic mass is 16.6. The number of amides is 2. The summed E-state index contributed by atoms with van der Waals surface area (Å²) >= 11 is 0. The van der Waals surface area contributed by atoms with Gasteiger partial charge in [-0.05, 0) is 19.1 Å². The van der Waals surface area contributed by atoms with Gasteiger partial charge in [-0.3, -0.25) is 9.59 Å². The van der Waals surface area contributed by atoms with Crippen LogP contribution in [0.1, 0.15) is 13.3 Å². The average Bonchev–Trinajstić information content (AvgIpc) is 2.39. The third-order valence-electron chi connectivity index (χ3n) is 2.32. The molecule has 0 saturated heterocycles. The predicted octanol–water partition coefficient (Wildman–Crippen LogP) is 0.754. The summed E-state index contributed by atoms with van der Waals surface area (Å²) in [7, 11) is 0. The van der Waals surface area contributed by atoms with E-state index in [9.17, 15) is 14.4 Å². The Morgan fingerprint density at radius 3 is 2.50 bits per heavy atom. The van der Waals surface area contributed by atoms with Crippen LogP contribution in [0.3, 0.4) is 0 Å². The van der Waals surface area contributed by atoms with Crippen LogP contribution in [0.2, 0.25) is 0 Å². The van der Waals surface area contributed by atoms with Crippen molar-refractivity contribution in [3.8, 4) is 5.75 Å². The Morgan fingerprint density at radius 2 is 1.90 bits per heavy atom. The first-order valence-electron chi connectivity index (χ1n) is 6.02. The van der Waals surface area contributed by atoms with Gasteiger partial charge in [0.25, 0.3) is 0 Å². The molecule has 0 fully saturated rings. The Bertz CT molecular complexity index is 475. The number of carbonyl (C=O) groups excluding carboxylic acids is 2. The van der Waals surface area contributed by atoms with E-state index in [4.69, 9.17) is 9.84 Å². The van der Waals surface area contributed by atoms with E-state index < -0.39 is 24.0 Å². The first-order valence-corrected chi connectivity index (χ1v) is 6.02. The quantitative estimate of drug-likeness (QED) is 0.713. The lowest BCUT2D eigenvalue weighted by atomic mass is 10.3. The van der Waals surface area contributed by atoms with E-state index in [0.717, 1.165) is 0 Å². The second-order valence-corrected chi connectivity index (χ2v) is 4.01. The molecule has 0 heterocycles. The van der Waals surface area contributed by atoms with Crippen molar-refractivity contribution in [2.75, 3.05) is 6.54 Å². The second kappa shape index (κ2) is 7.78. The molecular weight excluding hydrogens is 264 g/mol. The number of hydrogen-bond donors (Lipinski definition) is 3. The van der Waals surface area contributed by atoms with Gasteiger partial charge in [-0.15, -0.1) is 0 Å². The van der Waals surface area contributed by atoms with Gasteiger partial charge in [-0.25, -0.2) is 4.79 Å². The number of rotatable bonds is 6. The fourth-order valence-corrected chi connectivity index (χ4v) is 1.29. The van der Waals surface area contributed by atoms with Crippen LogP contribution in [0.25, 0.3) is 0 Å². The highest BCUT2D eigenvalue weighted by Gasteiger charge is 2.13. The Morgan fingerprint density at radius 1 is 1.25 bits per heavy atom. The van der Waals surface area contributed by atoms with Crippen molar-refractivity contribution in [1.82, 2.24) is 10.6 Å². The highest BCUT2D eigenvalue weighted by Crippen LogP contribution is 2.07. The predicted molar refractivity (Wildman–Crippen MR) is 70.3 cm³/mol. The normalized spacial score (nSPS) is 11.2. The minimum absolute atomic E-state index is 0.0263. The molecule has 0 spiro atoms. The Labute approximate surface area is 115 Å². The number of carboxylic acid groups (broad SMARTS) is 1. The first-order chi connectivity index (χ1) is 9.49. The van der Waals surface area contributed by atoms with Crippen molar-refractivity contribution in [2.24, 2.45) is 0 Å². The number of para-hydroxylation sites is 1. The fourth-order valence-electron chi connectivity index (χ4n) is 1.29. The third kappa shape index (κ3) is 5.85. The number of ether oxygens (including phenoxy) is 1. The zero-order valence-electron chi connectivity index (χ0n) is 11.0.